The lowest BCUT2D eigenvalue weighted by atomic mass is 9.88. The lowest BCUT2D eigenvalue weighted by molar-refractivity contribution is 0.0934. The molecule has 21 heavy (non-hydrogen) atoms. The molecule has 1 aromatic rings. The highest BCUT2D eigenvalue weighted by atomic mass is 35.5. The van der Waals surface area contributed by atoms with E-state index in [9.17, 15) is 4.79 Å². The van der Waals surface area contributed by atoms with Gasteiger partial charge in [-0.25, -0.2) is 0 Å². The van der Waals surface area contributed by atoms with Crippen LogP contribution in [-0.2, 0) is 0 Å². The van der Waals surface area contributed by atoms with Crippen molar-refractivity contribution in [2.75, 3.05) is 19.0 Å². The summed E-state index contributed by atoms with van der Waals surface area (Å²) in [5.74, 6) is 1.32. The molecule has 1 N–H and O–H groups in total. The number of hydrogen-bond acceptors (Lipinski definition) is 2. The summed E-state index contributed by atoms with van der Waals surface area (Å²) >= 11 is 6.11. The van der Waals surface area contributed by atoms with E-state index in [-0.39, 0.29) is 11.3 Å². The molecular weight excluding hydrogens is 286 g/mol. The number of benzene rings is 1. The Morgan fingerprint density at radius 2 is 2.14 bits per heavy atom. The second-order valence-electron chi connectivity index (χ2n) is 5.90. The molecule has 0 bridgehead atoms. The number of carbonyl (C=O) groups excluding carboxylic acids is 1. The Hall–Kier alpha value is -1.22. The molecule has 3 nitrogen and oxygen atoms in total. The molecule has 1 aliphatic carbocycles. The van der Waals surface area contributed by atoms with E-state index in [1.807, 2.05) is 18.2 Å². The summed E-state index contributed by atoms with van der Waals surface area (Å²) in [6.45, 7) is 3.39. The molecular formula is C17H24ClNO2. The Morgan fingerprint density at radius 1 is 1.38 bits per heavy atom. The minimum atomic E-state index is -0.0478. The highest BCUT2D eigenvalue weighted by Gasteiger charge is 2.33. The maximum Gasteiger partial charge on any atom is 0.251 e. The number of alkyl halides is 1. The highest BCUT2D eigenvalue weighted by molar-refractivity contribution is 6.18. The number of hydrogen-bond donors (Lipinski definition) is 1. The first-order chi connectivity index (χ1) is 10.2. The molecule has 0 saturated heterocycles. The van der Waals surface area contributed by atoms with Crippen molar-refractivity contribution in [3.05, 3.63) is 29.8 Å². The van der Waals surface area contributed by atoms with Crippen LogP contribution in [-0.4, -0.2) is 24.9 Å². The molecule has 1 amide bonds. The Morgan fingerprint density at radius 3 is 2.81 bits per heavy atom. The van der Waals surface area contributed by atoms with E-state index < -0.39 is 0 Å². The molecule has 116 valence electrons. The third kappa shape index (κ3) is 4.37. The van der Waals surface area contributed by atoms with Gasteiger partial charge in [-0.1, -0.05) is 25.8 Å². The average Bonchev–Trinajstić information content (AvgIpc) is 3.00. The summed E-state index contributed by atoms with van der Waals surface area (Å²) in [4.78, 5) is 12.3. The summed E-state index contributed by atoms with van der Waals surface area (Å²) in [6.07, 6.45) is 5.59. The summed E-state index contributed by atoms with van der Waals surface area (Å²) < 4.78 is 5.56. The fourth-order valence-electron chi connectivity index (χ4n) is 2.80. The van der Waals surface area contributed by atoms with Gasteiger partial charge in [0.1, 0.15) is 5.75 Å². The molecule has 0 unspecified atom stereocenters. The van der Waals surface area contributed by atoms with Crippen LogP contribution < -0.4 is 10.1 Å². The van der Waals surface area contributed by atoms with Crippen LogP contribution in [0.15, 0.2) is 24.3 Å². The first kappa shape index (κ1) is 16.2. The largest absolute Gasteiger partial charge is 0.494 e. The van der Waals surface area contributed by atoms with Crippen molar-refractivity contribution >= 4 is 17.5 Å². The molecule has 1 saturated carbocycles. The zero-order valence-electron chi connectivity index (χ0n) is 12.7. The topological polar surface area (TPSA) is 38.3 Å². The van der Waals surface area contributed by atoms with Crippen molar-refractivity contribution in [2.45, 2.75) is 39.0 Å². The molecule has 1 fully saturated rings. The van der Waals surface area contributed by atoms with Gasteiger partial charge in [-0.05, 0) is 37.5 Å². The molecule has 4 heteroatoms. The Bertz CT molecular complexity index is 470. The quantitative estimate of drug-likeness (QED) is 0.773. The fourth-order valence-corrected chi connectivity index (χ4v) is 3.16. The maximum absolute atomic E-state index is 12.3. The first-order valence-electron chi connectivity index (χ1n) is 7.76. The van der Waals surface area contributed by atoms with Crippen LogP contribution in [0.25, 0.3) is 0 Å². The van der Waals surface area contributed by atoms with Crippen molar-refractivity contribution in [1.82, 2.24) is 5.32 Å². The third-order valence-electron chi connectivity index (χ3n) is 4.14. The Balaban J connectivity index is 1.93. The van der Waals surface area contributed by atoms with E-state index >= 15 is 0 Å². The molecule has 0 spiro atoms. The number of rotatable bonds is 7. The maximum atomic E-state index is 12.3. The number of amides is 1. The van der Waals surface area contributed by atoms with Crippen LogP contribution in [0, 0.1) is 5.41 Å². The standard InChI is InChI=1S/C17H24ClNO2/c1-2-10-21-15-7-5-6-14(11-15)16(20)19-13-17(12-18)8-3-4-9-17/h5-7,11H,2-4,8-10,12-13H2,1H3,(H,19,20). The van der Waals surface area contributed by atoms with Crippen LogP contribution in [0.1, 0.15) is 49.4 Å². The van der Waals surface area contributed by atoms with E-state index in [1.54, 1.807) is 6.07 Å². The van der Waals surface area contributed by atoms with Gasteiger partial charge in [0, 0.05) is 23.4 Å². The minimum Gasteiger partial charge on any atom is -0.494 e. The number of carbonyl (C=O) groups is 1. The SMILES string of the molecule is CCCOc1cccc(C(=O)NCC2(CCl)CCCC2)c1. The molecule has 1 aliphatic rings. The molecule has 0 radical (unpaired) electrons. The van der Waals surface area contributed by atoms with Gasteiger partial charge in [0.2, 0.25) is 0 Å². The lowest BCUT2D eigenvalue weighted by Crippen LogP contribution is -2.37. The van der Waals surface area contributed by atoms with Gasteiger partial charge in [0.15, 0.2) is 0 Å². The molecule has 2 rings (SSSR count). The lowest BCUT2D eigenvalue weighted by Gasteiger charge is -2.26. The predicted molar refractivity (Wildman–Crippen MR) is 86.2 cm³/mol. The van der Waals surface area contributed by atoms with E-state index in [2.05, 4.69) is 12.2 Å². The number of nitrogens with one attached hydrogen (secondary N) is 1. The van der Waals surface area contributed by atoms with Gasteiger partial charge in [-0.15, -0.1) is 11.6 Å². The monoisotopic (exact) mass is 309 g/mol. The molecule has 0 aromatic heterocycles. The second kappa shape index (κ2) is 7.69. The van der Waals surface area contributed by atoms with Gasteiger partial charge in [-0.3, -0.25) is 4.79 Å². The molecule has 0 aliphatic heterocycles. The summed E-state index contributed by atoms with van der Waals surface area (Å²) in [5.41, 5.74) is 0.736. The van der Waals surface area contributed by atoms with E-state index in [4.69, 9.17) is 16.3 Å². The van der Waals surface area contributed by atoms with E-state index in [1.165, 1.54) is 12.8 Å². The van der Waals surface area contributed by atoms with Crippen molar-refractivity contribution in [1.29, 1.82) is 0 Å². The van der Waals surface area contributed by atoms with Crippen molar-refractivity contribution < 1.29 is 9.53 Å². The molecule has 0 atom stereocenters. The first-order valence-corrected chi connectivity index (χ1v) is 8.29. The van der Waals surface area contributed by atoms with Crippen molar-refractivity contribution in [2.24, 2.45) is 5.41 Å². The molecule has 0 heterocycles. The second-order valence-corrected chi connectivity index (χ2v) is 6.17. The van der Waals surface area contributed by atoms with Crippen molar-refractivity contribution in [3.63, 3.8) is 0 Å². The smallest absolute Gasteiger partial charge is 0.251 e. The fraction of sp³-hybridized carbons (Fsp3) is 0.588. The van der Waals surface area contributed by atoms with E-state index in [0.717, 1.165) is 25.0 Å². The zero-order valence-corrected chi connectivity index (χ0v) is 13.4. The predicted octanol–water partition coefficient (Wildman–Crippen LogP) is 4.00. The highest BCUT2D eigenvalue weighted by Crippen LogP contribution is 2.38. The number of ether oxygens (including phenoxy) is 1. The minimum absolute atomic E-state index is 0.0478. The van der Waals surface area contributed by atoms with Gasteiger partial charge in [-0.2, -0.15) is 0 Å². The van der Waals surface area contributed by atoms with Crippen molar-refractivity contribution in [3.8, 4) is 5.75 Å². The van der Waals surface area contributed by atoms with Crippen LogP contribution in [0.4, 0.5) is 0 Å². The Labute approximate surface area is 132 Å². The Kier molecular flexibility index (Phi) is 5.92. The van der Waals surface area contributed by atoms with Crippen LogP contribution in [0.2, 0.25) is 0 Å². The summed E-state index contributed by atoms with van der Waals surface area (Å²) in [6, 6.07) is 7.35. The van der Waals surface area contributed by atoms with Crippen LogP contribution in [0.3, 0.4) is 0 Å². The normalized spacial score (nSPS) is 16.7. The van der Waals surface area contributed by atoms with Crippen LogP contribution in [0.5, 0.6) is 5.75 Å². The summed E-state index contributed by atoms with van der Waals surface area (Å²) in [5, 5.41) is 3.04. The zero-order chi connectivity index (χ0) is 15.1. The third-order valence-corrected chi connectivity index (χ3v) is 4.71. The number of halogens is 1. The van der Waals surface area contributed by atoms with Gasteiger partial charge >= 0.3 is 0 Å². The van der Waals surface area contributed by atoms with Crippen LogP contribution >= 0.6 is 11.6 Å². The van der Waals surface area contributed by atoms with Gasteiger partial charge in [0.25, 0.3) is 5.91 Å². The molecule has 1 aromatic carbocycles. The van der Waals surface area contributed by atoms with Gasteiger partial charge < -0.3 is 10.1 Å². The summed E-state index contributed by atoms with van der Waals surface area (Å²) in [7, 11) is 0. The average molecular weight is 310 g/mol. The van der Waals surface area contributed by atoms with E-state index in [0.29, 0.717) is 24.6 Å². The van der Waals surface area contributed by atoms with Gasteiger partial charge in [0.05, 0.1) is 6.61 Å².